The van der Waals surface area contributed by atoms with Crippen LogP contribution in [0, 0.1) is 0 Å². The molecule has 0 aliphatic heterocycles. The van der Waals surface area contributed by atoms with Crippen LogP contribution in [-0.4, -0.2) is 0 Å². The van der Waals surface area contributed by atoms with Crippen molar-refractivity contribution in [3.8, 4) is 0 Å². The summed E-state index contributed by atoms with van der Waals surface area (Å²) in [5, 5.41) is 8.81. The molecule has 0 aliphatic rings. The predicted molar refractivity (Wildman–Crippen MR) is 98.4 cm³/mol. The molecule has 0 saturated carbocycles. The third-order valence-corrected chi connectivity index (χ3v) is 4.32. The summed E-state index contributed by atoms with van der Waals surface area (Å²) in [5.74, 6) is 0. The third-order valence-electron chi connectivity index (χ3n) is 4.32. The van der Waals surface area contributed by atoms with E-state index in [-0.39, 0.29) is 0 Å². The molecule has 0 unspecified atom stereocenters. The lowest BCUT2D eigenvalue weighted by Gasteiger charge is -2.10. The quantitative estimate of drug-likeness (QED) is 0.505. The monoisotopic (exact) mass is 297 g/mol. The van der Waals surface area contributed by atoms with Gasteiger partial charge in [0.2, 0.25) is 0 Å². The second-order valence-electron chi connectivity index (χ2n) is 5.93. The van der Waals surface area contributed by atoms with Crippen molar-refractivity contribution in [1.82, 2.24) is 5.32 Å². The van der Waals surface area contributed by atoms with E-state index in [1.165, 1.54) is 32.7 Å². The average molecular weight is 297 g/mol. The van der Waals surface area contributed by atoms with Crippen LogP contribution >= 0.6 is 0 Å². The molecule has 0 saturated heterocycles. The zero-order valence-corrected chi connectivity index (χ0v) is 13.0. The zero-order chi connectivity index (χ0) is 15.5. The first-order chi connectivity index (χ1) is 11.4. The van der Waals surface area contributed by atoms with E-state index in [4.69, 9.17) is 0 Å². The van der Waals surface area contributed by atoms with Crippen molar-refractivity contribution in [2.45, 2.75) is 13.1 Å². The fourth-order valence-electron chi connectivity index (χ4n) is 3.12. The standard InChI is InChI=1S/C22H19N/c1-2-7-17(8-3-1)15-23-16-21-12-6-11-20-13-18-9-4-5-10-19(18)14-22(20)21/h1-14,23H,15-16H2. The van der Waals surface area contributed by atoms with E-state index in [9.17, 15) is 0 Å². The zero-order valence-electron chi connectivity index (χ0n) is 13.0. The molecule has 0 spiro atoms. The molecule has 1 heteroatoms. The molecular weight excluding hydrogens is 278 g/mol. The van der Waals surface area contributed by atoms with Gasteiger partial charge in [0.15, 0.2) is 0 Å². The molecule has 0 radical (unpaired) electrons. The summed E-state index contributed by atoms with van der Waals surface area (Å²) in [5.41, 5.74) is 2.67. The van der Waals surface area contributed by atoms with Gasteiger partial charge in [-0.15, -0.1) is 0 Å². The Labute approximate surface area is 136 Å². The molecule has 0 aliphatic carbocycles. The van der Waals surface area contributed by atoms with Crippen molar-refractivity contribution in [3.63, 3.8) is 0 Å². The highest BCUT2D eigenvalue weighted by Crippen LogP contribution is 2.25. The minimum absolute atomic E-state index is 0.880. The first-order valence-electron chi connectivity index (χ1n) is 8.05. The van der Waals surface area contributed by atoms with Gasteiger partial charge >= 0.3 is 0 Å². The minimum Gasteiger partial charge on any atom is -0.309 e. The van der Waals surface area contributed by atoms with Crippen molar-refractivity contribution < 1.29 is 0 Å². The van der Waals surface area contributed by atoms with Crippen LogP contribution in [0.15, 0.2) is 84.9 Å². The van der Waals surface area contributed by atoms with E-state index in [0.29, 0.717) is 0 Å². The van der Waals surface area contributed by atoms with E-state index in [0.717, 1.165) is 13.1 Å². The number of rotatable bonds is 4. The van der Waals surface area contributed by atoms with Gasteiger partial charge in [-0.05, 0) is 44.8 Å². The molecule has 4 aromatic rings. The van der Waals surface area contributed by atoms with Crippen molar-refractivity contribution in [1.29, 1.82) is 0 Å². The Hall–Kier alpha value is -2.64. The van der Waals surface area contributed by atoms with Gasteiger partial charge in [-0.3, -0.25) is 0 Å². The number of hydrogen-bond acceptors (Lipinski definition) is 1. The third kappa shape index (κ3) is 2.96. The first kappa shape index (κ1) is 14.0. The average Bonchev–Trinajstić information content (AvgIpc) is 2.61. The Kier molecular flexibility index (Phi) is 3.79. The fraction of sp³-hybridized carbons (Fsp3) is 0.0909. The second-order valence-corrected chi connectivity index (χ2v) is 5.93. The molecule has 0 heterocycles. The highest BCUT2D eigenvalue weighted by Gasteiger charge is 2.03. The smallest absolute Gasteiger partial charge is 0.0214 e. The molecule has 23 heavy (non-hydrogen) atoms. The first-order valence-corrected chi connectivity index (χ1v) is 8.05. The largest absolute Gasteiger partial charge is 0.309 e. The van der Waals surface area contributed by atoms with E-state index < -0.39 is 0 Å². The lowest BCUT2D eigenvalue weighted by atomic mass is 9.99. The molecule has 0 amide bonds. The van der Waals surface area contributed by atoms with Gasteiger partial charge in [-0.2, -0.15) is 0 Å². The van der Waals surface area contributed by atoms with E-state index in [1.54, 1.807) is 0 Å². The Morgan fingerprint density at radius 3 is 2.09 bits per heavy atom. The van der Waals surface area contributed by atoms with Gasteiger partial charge in [0.1, 0.15) is 0 Å². The molecule has 0 bridgehead atoms. The highest BCUT2D eigenvalue weighted by atomic mass is 14.8. The molecule has 0 aromatic heterocycles. The molecule has 112 valence electrons. The van der Waals surface area contributed by atoms with Gasteiger partial charge in [-0.25, -0.2) is 0 Å². The summed E-state index contributed by atoms with van der Waals surface area (Å²) >= 11 is 0. The van der Waals surface area contributed by atoms with Gasteiger partial charge in [0.05, 0.1) is 0 Å². The van der Waals surface area contributed by atoms with Gasteiger partial charge in [0.25, 0.3) is 0 Å². The molecule has 4 rings (SSSR count). The predicted octanol–water partition coefficient (Wildman–Crippen LogP) is 5.28. The Bertz CT molecular complexity index is 942. The number of benzene rings is 4. The normalized spacial score (nSPS) is 11.1. The van der Waals surface area contributed by atoms with Crippen LogP contribution in [0.25, 0.3) is 21.5 Å². The maximum atomic E-state index is 3.56. The van der Waals surface area contributed by atoms with Crippen LogP contribution in [0.5, 0.6) is 0 Å². The van der Waals surface area contributed by atoms with Crippen LogP contribution in [0.2, 0.25) is 0 Å². The molecule has 0 fully saturated rings. The van der Waals surface area contributed by atoms with Crippen LogP contribution in [-0.2, 0) is 13.1 Å². The molecule has 0 atom stereocenters. The summed E-state index contributed by atoms with van der Waals surface area (Å²) in [7, 11) is 0. The topological polar surface area (TPSA) is 12.0 Å². The molecule has 1 nitrogen and oxygen atoms in total. The van der Waals surface area contributed by atoms with Gasteiger partial charge < -0.3 is 5.32 Å². The van der Waals surface area contributed by atoms with Crippen molar-refractivity contribution >= 4 is 21.5 Å². The maximum Gasteiger partial charge on any atom is 0.0214 e. The lowest BCUT2D eigenvalue weighted by molar-refractivity contribution is 0.696. The van der Waals surface area contributed by atoms with Crippen LogP contribution in [0.4, 0.5) is 0 Å². The van der Waals surface area contributed by atoms with Gasteiger partial charge in [-0.1, -0.05) is 72.8 Å². The van der Waals surface area contributed by atoms with E-state index in [1.807, 2.05) is 0 Å². The lowest BCUT2D eigenvalue weighted by Crippen LogP contribution is -2.12. The molecule has 1 N–H and O–H groups in total. The fourth-order valence-corrected chi connectivity index (χ4v) is 3.12. The van der Waals surface area contributed by atoms with Crippen LogP contribution in [0.1, 0.15) is 11.1 Å². The summed E-state index contributed by atoms with van der Waals surface area (Å²) in [6.45, 7) is 1.77. The Morgan fingerprint density at radius 2 is 1.26 bits per heavy atom. The highest BCUT2D eigenvalue weighted by molar-refractivity contribution is 5.99. The van der Waals surface area contributed by atoms with E-state index >= 15 is 0 Å². The number of nitrogens with one attached hydrogen (secondary N) is 1. The minimum atomic E-state index is 0.880. The second kappa shape index (κ2) is 6.23. The SMILES string of the molecule is c1ccc(CNCc2cccc3cc4ccccc4cc23)cc1. The Morgan fingerprint density at radius 1 is 0.565 bits per heavy atom. The maximum absolute atomic E-state index is 3.56. The summed E-state index contributed by atoms with van der Waals surface area (Å²) in [6.07, 6.45) is 0. The summed E-state index contributed by atoms with van der Waals surface area (Å²) < 4.78 is 0. The van der Waals surface area contributed by atoms with Crippen molar-refractivity contribution in [2.75, 3.05) is 0 Å². The summed E-state index contributed by atoms with van der Waals surface area (Å²) in [4.78, 5) is 0. The van der Waals surface area contributed by atoms with Crippen molar-refractivity contribution in [2.24, 2.45) is 0 Å². The Balaban J connectivity index is 1.62. The van der Waals surface area contributed by atoms with E-state index in [2.05, 4.69) is 90.2 Å². The summed E-state index contributed by atoms with van der Waals surface area (Å²) in [6, 6.07) is 30.3. The van der Waals surface area contributed by atoms with Crippen LogP contribution < -0.4 is 5.32 Å². The van der Waals surface area contributed by atoms with Crippen molar-refractivity contribution in [3.05, 3.63) is 96.1 Å². The van der Waals surface area contributed by atoms with Crippen LogP contribution in [0.3, 0.4) is 0 Å². The molecule has 4 aromatic carbocycles. The van der Waals surface area contributed by atoms with Gasteiger partial charge in [0, 0.05) is 13.1 Å². The number of fused-ring (bicyclic) bond motifs is 2. The molecular formula is C22H19N. The number of hydrogen-bond donors (Lipinski definition) is 1.